The fourth-order valence-corrected chi connectivity index (χ4v) is 3.30. The van der Waals surface area contributed by atoms with Crippen molar-refractivity contribution in [2.75, 3.05) is 0 Å². The molecule has 3 rings (SSSR count). The minimum atomic E-state index is -0.152. The van der Waals surface area contributed by atoms with E-state index in [1.807, 2.05) is 30.3 Å². The summed E-state index contributed by atoms with van der Waals surface area (Å²) in [7, 11) is 0. The van der Waals surface area contributed by atoms with Crippen LogP contribution in [0, 0.1) is 0 Å². The van der Waals surface area contributed by atoms with E-state index in [0.717, 1.165) is 27.9 Å². The molecule has 2 nitrogen and oxygen atoms in total. The molecule has 0 heterocycles. The lowest BCUT2D eigenvalue weighted by Gasteiger charge is -2.26. The largest absolute Gasteiger partial charge is 0.507 e. The van der Waals surface area contributed by atoms with Gasteiger partial charge in [-0.2, -0.15) is 0 Å². The van der Waals surface area contributed by atoms with E-state index < -0.39 is 0 Å². The first-order chi connectivity index (χ1) is 13.6. The summed E-state index contributed by atoms with van der Waals surface area (Å²) in [5.74, 6) is 0.313. The van der Waals surface area contributed by atoms with Crippen LogP contribution in [0.4, 0.5) is 5.69 Å². The van der Waals surface area contributed by atoms with Crippen molar-refractivity contribution >= 4 is 11.9 Å². The zero-order valence-electron chi connectivity index (χ0n) is 18.3. The van der Waals surface area contributed by atoms with Crippen molar-refractivity contribution in [3.63, 3.8) is 0 Å². The maximum atomic E-state index is 10.9. The van der Waals surface area contributed by atoms with Gasteiger partial charge in [-0.3, -0.25) is 4.99 Å². The average Bonchev–Trinajstić information content (AvgIpc) is 2.66. The monoisotopic (exact) mass is 385 g/mol. The Labute approximate surface area is 175 Å². The number of nitrogens with zero attached hydrogens (tertiary/aromatic N) is 1. The molecule has 0 aliphatic heterocycles. The Bertz CT molecular complexity index is 1020. The van der Waals surface area contributed by atoms with Gasteiger partial charge in [0.15, 0.2) is 0 Å². The number of aliphatic imine (C=N–C) groups is 1. The molecule has 0 atom stereocenters. The molecule has 0 saturated heterocycles. The summed E-state index contributed by atoms with van der Waals surface area (Å²) in [6.07, 6.45) is 1.78. The molecule has 2 heteroatoms. The number of phenolic OH excluding ortho intramolecular Hbond substituents is 1. The van der Waals surface area contributed by atoms with E-state index in [1.165, 1.54) is 5.56 Å². The van der Waals surface area contributed by atoms with E-state index in [9.17, 15) is 5.11 Å². The maximum absolute atomic E-state index is 10.9. The van der Waals surface area contributed by atoms with Gasteiger partial charge in [-0.1, -0.05) is 90.1 Å². The Hall–Kier alpha value is -2.87. The molecule has 0 aromatic heterocycles. The molecule has 0 saturated carbocycles. The number of hydrogen-bond donors (Lipinski definition) is 1. The number of phenols is 1. The average molecular weight is 386 g/mol. The van der Waals surface area contributed by atoms with Crippen LogP contribution in [-0.2, 0) is 10.8 Å². The Balaban J connectivity index is 2.03. The van der Waals surface area contributed by atoms with Crippen LogP contribution in [0.5, 0.6) is 5.75 Å². The number of rotatable bonds is 3. The summed E-state index contributed by atoms with van der Waals surface area (Å²) in [6, 6.07) is 22.6. The predicted molar refractivity (Wildman–Crippen MR) is 125 cm³/mol. The van der Waals surface area contributed by atoms with E-state index in [0.29, 0.717) is 5.75 Å². The van der Waals surface area contributed by atoms with Crippen LogP contribution in [0.2, 0.25) is 0 Å². The van der Waals surface area contributed by atoms with Gasteiger partial charge >= 0.3 is 0 Å². The summed E-state index contributed by atoms with van der Waals surface area (Å²) in [4.78, 5) is 4.68. The zero-order chi connectivity index (χ0) is 21.2. The van der Waals surface area contributed by atoms with Gasteiger partial charge in [-0.15, -0.1) is 0 Å². The molecule has 0 aliphatic rings. The zero-order valence-corrected chi connectivity index (χ0v) is 18.3. The van der Waals surface area contributed by atoms with Gasteiger partial charge in [-0.05, 0) is 45.7 Å². The molecule has 0 spiro atoms. The molecule has 3 aromatic rings. The van der Waals surface area contributed by atoms with E-state index in [-0.39, 0.29) is 10.8 Å². The van der Waals surface area contributed by atoms with Crippen LogP contribution in [0.1, 0.15) is 58.2 Å². The second-order valence-corrected chi connectivity index (χ2v) is 9.64. The van der Waals surface area contributed by atoms with Crippen molar-refractivity contribution in [3.8, 4) is 16.9 Å². The van der Waals surface area contributed by atoms with Crippen LogP contribution in [-0.4, -0.2) is 11.3 Å². The molecule has 0 unspecified atom stereocenters. The molecule has 29 heavy (non-hydrogen) atoms. The Kier molecular flexibility index (Phi) is 5.66. The SMILES string of the molecule is CC(C)(C)c1cc(C=Nc2cccc(-c3ccccc3)c2)c(O)c(C(C)(C)C)c1. The van der Waals surface area contributed by atoms with Gasteiger partial charge in [0, 0.05) is 17.3 Å². The topological polar surface area (TPSA) is 32.6 Å². The third-order valence-electron chi connectivity index (χ3n) is 5.12. The number of hydrogen-bond acceptors (Lipinski definition) is 2. The van der Waals surface area contributed by atoms with E-state index in [2.05, 4.69) is 82.9 Å². The van der Waals surface area contributed by atoms with E-state index in [4.69, 9.17) is 0 Å². The molecular weight excluding hydrogens is 354 g/mol. The summed E-state index contributed by atoms with van der Waals surface area (Å²) < 4.78 is 0. The Morgan fingerprint density at radius 1 is 0.724 bits per heavy atom. The highest BCUT2D eigenvalue weighted by Gasteiger charge is 2.24. The standard InChI is InChI=1S/C27H31NO/c1-26(2,3)22-15-21(25(29)24(17-22)27(4,5)6)18-28-23-14-10-13-20(16-23)19-11-8-7-9-12-19/h7-18,29H,1-6H3. The molecule has 0 amide bonds. The van der Waals surface area contributed by atoms with Gasteiger partial charge in [0.1, 0.15) is 5.75 Å². The smallest absolute Gasteiger partial charge is 0.128 e. The molecule has 1 N–H and O–H groups in total. The number of aromatic hydroxyl groups is 1. The molecule has 150 valence electrons. The first-order valence-corrected chi connectivity index (χ1v) is 10.1. The molecule has 0 fully saturated rings. The summed E-state index contributed by atoms with van der Waals surface area (Å²) in [5.41, 5.74) is 5.89. The second-order valence-electron chi connectivity index (χ2n) is 9.64. The molecular formula is C27H31NO. The van der Waals surface area contributed by atoms with Crippen LogP contribution in [0.15, 0.2) is 71.7 Å². The van der Waals surface area contributed by atoms with Crippen LogP contribution in [0.3, 0.4) is 0 Å². The maximum Gasteiger partial charge on any atom is 0.128 e. The molecule has 3 aromatic carbocycles. The van der Waals surface area contributed by atoms with Gasteiger partial charge in [0.25, 0.3) is 0 Å². The first-order valence-electron chi connectivity index (χ1n) is 10.1. The second kappa shape index (κ2) is 7.87. The van der Waals surface area contributed by atoms with Crippen molar-refractivity contribution in [1.82, 2.24) is 0 Å². The molecule has 0 bridgehead atoms. The van der Waals surface area contributed by atoms with Crippen molar-refractivity contribution < 1.29 is 5.11 Å². The first kappa shape index (κ1) is 20.9. The third kappa shape index (κ3) is 4.95. The summed E-state index contributed by atoms with van der Waals surface area (Å²) in [5, 5.41) is 10.9. The van der Waals surface area contributed by atoms with E-state index in [1.54, 1.807) is 6.21 Å². The highest BCUT2D eigenvalue weighted by atomic mass is 16.3. The summed E-state index contributed by atoms with van der Waals surface area (Å²) >= 11 is 0. The quantitative estimate of drug-likeness (QED) is 0.468. The minimum absolute atomic E-state index is 0.0104. The fraction of sp³-hybridized carbons (Fsp3) is 0.296. The van der Waals surface area contributed by atoms with Gasteiger partial charge < -0.3 is 5.11 Å². The van der Waals surface area contributed by atoms with Crippen molar-refractivity contribution in [2.45, 2.75) is 52.4 Å². The number of benzene rings is 3. The Morgan fingerprint density at radius 2 is 1.38 bits per heavy atom. The van der Waals surface area contributed by atoms with Crippen molar-refractivity contribution in [2.24, 2.45) is 4.99 Å². The van der Waals surface area contributed by atoms with Gasteiger partial charge in [0.05, 0.1) is 5.69 Å². The third-order valence-corrected chi connectivity index (χ3v) is 5.12. The lowest BCUT2D eigenvalue weighted by Crippen LogP contribution is -2.17. The minimum Gasteiger partial charge on any atom is -0.507 e. The molecule has 0 aliphatic carbocycles. The highest BCUT2D eigenvalue weighted by Crippen LogP contribution is 2.37. The lowest BCUT2D eigenvalue weighted by atomic mass is 9.79. The van der Waals surface area contributed by atoms with Crippen LogP contribution < -0.4 is 0 Å². The van der Waals surface area contributed by atoms with E-state index >= 15 is 0 Å². The van der Waals surface area contributed by atoms with Crippen molar-refractivity contribution in [3.05, 3.63) is 83.4 Å². The fourth-order valence-electron chi connectivity index (χ4n) is 3.30. The molecule has 0 radical (unpaired) electrons. The van der Waals surface area contributed by atoms with Gasteiger partial charge in [-0.25, -0.2) is 0 Å². The highest BCUT2D eigenvalue weighted by molar-refractivity contribution is 5.87. The van der Waals surface area contributed by atoms with Crippen molar-refractivity contribution in [1.29, 1.82) is 0 Å². The predicted octanol–water partition coefficient (Wildman–Crippen LogP) is 7.40. The van der Waals surface area contributed by atoms with Crippen LogP contribution >= 0.6 is 0 Å². The van der Waals surface area contributed by atoms with Gasteiger partial charge in [0.2, 0.25) is 0 Å². The normalized spacial score (nSPS) is 12.5. The Morgan fingerprint density at radius 3 is 2.00 bits per heavy atom. The summed E-state index contributed by atoms with van der Waals surface area (Å²) in [6.45, 7) is 12.9. The van der Waals surface area contributed by atoms with Crippen LogP contribution in [0.25, 0.3) is 11.1 Å². The lowest BCUT2D eigenvalue weighted by molar-refractivity contribution is 0.444.